The number of phenols is 2. The minimum Gasteiger partial charge on any atom is -0.508 e. The lowest BCUT2D eigenvalue weighted by atomic mass is 10.0. The molecule has 2 heterocycles. The highest BCUT2D eigenvalue weighted by atomic mass is 16.3. The fraction of sp³-hybridized carbons (Fsp3) is 0.238. The van der Waals surface area contributed by atoms with Gasteiger partial charge in [0, 0.05) is 46.8 Å². The smallest absolute Gasteiger partial charge is 0.120 e. The summed E-state index contributed by atoms with van der Waals surface area (Å²) in [6, 6.07) is 9.86. The van der Waals surface area contributed by atoms with Crippen LogP contribution >= 0.6 is 0 Å². The predicted molar refractivity (Wildman–Crippen MR) is 109 cm³/mol. The van der Waals surface area contributed by atoms with E-state index in [1.165, 1.54) is 0 Å². The van der Waals surface area contributed by atoms with Crippen LogP contribution in [-0.4, -0.2) is 44.1 Å². The molecule has 2 aromatic heterocycles. The lowest BCUT2D eigenvalue weighted by Crippen LogP contribution is -2.46. The molecule has 4 aromatic rings. The molecule has 4 rings (SSSR count). The highest BCUT2D eigenvalue weighted by Gasteiger charge is 2.17. The average Bonchev–Trinajstić information content (AvgIpc) is 3.25. The van der Waals surface area contributed by atoms with Crippen LogP contribution in [0.4, 0.5) is 0 Å². The molecular weight excluding hydrogens is 356 g/mol. The molecule has 0 aliphatic heterocycles. The van der Waals surface area contributed by atoms with Crippen molar-refractivity contribution in [1.29, 1.82) is 0 Å². The van der Waals surface area contributed by atoms with Crippen LogP contribution in [0.3, 0.4) is 0 Å². The van der Waals surface area contributed by atoms with Gasteiger partial charge in [-0.15, -0.1) is 0 Å². The van der Waals surface area contributed by atoms with Gasteiger partial charge in [-0.1, -0.05) is 0 Å². The maximum atomic E-state index is 10.4. The Morgan fingerprint density at radius 1 is 0.893 bits per heavy atom. The van der Waals surface area contributed by atoms with Crippen LogP contribution < -0.4 is 11.1 Å². The SMILES string of the molecule is NC(Cc1c[nH]c2ccc(O)cc12)C(O)NCCc1c[nH]c2ccc(O)cc12. The van der Waals surface area contributed by atoms with E-state index in [-0.39, 0.29) is 11.5 Å². The number of nitrogens with one attached hydrogen (secondary N) is 3. The second-order valence-electron chi connectivity index (χ2n) is 7.10. The Hall–Kier alpha value is -3.00. The molecule has 0 spiro atoms. The Morgan fingerprint density at radius 2 is 1.46 bits per heavy atom. The van der Waals surface area contributed by atoms with E-state index >= 15 is 0 Å². The Kier molecular flexibility index (Phi) is 4.95. The Bertz CT molecular complexity index is 1100. The lowest BCUT2D eigenvalue weighted by molar-refractivity contribution is 0.110. The van der Waals surface area contributed by atoms with Crippen molar-refractivity contribution in [3.8, 4) is 11.5 Å². The number of aliphatic hydroxyl groups is 1. The number of hydrogen-bond donors (Lipinski definition) is 7. The summed E-state index contributed by atoms with van der Waals surface area (Å²) >= 11 is 0. The summed E-state index contributed by atoms with van der Waals surface area (Å²) in [5, 5.41) is 34.7. The average molecular weight is 380 g/mol. The molecule has 0 aliphatic carbocycles. The van der Waals surface area contributed by atoms with Gasteiger partial charge in [-0.05, 0) is 60.4 Å². The number of aromatic hydroxyl groups is 2. The van der Waals surface area contributed by atoms with Crippen molar-refractivity contribution in [3.63, 3.8) is 0 Å². The molecule has 0 saturated carbocycles. The highest BCUT2D eigenvalue weighted by Crippen LogP contribution is 2.24. The van der Waals surface area contributed by atoms with E-state index in [0.717, 1.165) is 32.9 Å². The normalized spacial score (nSPS) is 13.9. The van der Waals surface area contributed by atoms with Crippen LogP contribution in [0.2, 0.25) is 0 Å². The summed E-state index contributed by atoms with van der Waals surface area (Å²) in [5.74, 6) is 0.429. The predicted octanol–water partition coefficient (Wildman–Crippen LogP) is 2.08. The first-order valence-corrected chi connectivity index (χ1v) is 9.26. The van der Waals surface area contributed by atoms with E-state index in [1.807, 2.05) is 24.5 Å². The highest BCUT2D eigenvalue weighted by molar-refractivity contribution is 5.85. The van der Waals surface area contributed by atoms with E-state index in [9.17, 15) is 15.3 Å². The first-order chi connectivity index (χ1) is 13.5. The second-order valence-corrected chi connectivity index (χ2v) is 7.10. The molecule has 8 N–H and O–H groups in total. The van der Waals surface area contributed by atoms with Gasteiger partial charge >= 0.3 is 0 Å². The Labute approximate surface area is 161 Å². The molecule has 7 nitrogen and oxygen atoms in total. The van der Waals surface area contributed by atoms with Gasteiger partial charge in [0.1, 0.15) is 17.7 Å². The number of nitrogens with two attached hydrogens (primary N) is 1. The molecule has 2 aromatic carbocycles. The van der Waals surface area contributed by atoms with Crippen LogP contribution in [0.15, 0.2) is 48.8 Å². The minimum absolute atomic E-state index is 0.199. The van der Waals surface area contributed by atoms with Gasteiger partial charge in [-0.3, -0.25) is 5.32 Å². The Balaban J connectivity index is 1.35. The van der Waals surface area contributed by atoms with Crippen LogP contribution in [-0.2, 0) is 12.8 Å². The van der Waals surface area contributed by atoms with E-state index in [0.29, 0.717) is 19.4 Å². The molecule has 0 saturated heterocycles. The fourth-order valence-electron chi connectivity index (χ4n) is 3.58. The number of fused-ring (bicyclic) bond motifs is 2. The third-order valence-corrected chi connectivity index (χ3v) is 5.11. The van der Waals surface area contributed by atoms with Crippen molar-refractivity contribution in [2.24, 2.45) is 5.73 Å². The third kappa shape index (κ3) is 3.68. The maximum Gasteiger partial charge on any atom is 0.120 e. The number of aliphatic hydroxyl groups excluding tert-OH is 1. The first-order valence-electron chi connectivity index (χ1n) is 9.26. The molecule has 0 bridgehead atoms. The third-order valence-electron chi connectivity index (χ3n) is 5.11. The maximum absolute atomic E-state index is 10.4. The summed E-state index contributed by atoms with van der Waals surface area (Å²) < 4.78 is 0. The zero-order chi connectivity index (χ0) is 19.7. The number of hydrogen-bond acceptors (Lipinski definition) is 5. The quantitative estimate of drug-likeness (QED) is 0.247. The van der Waals surface area contributed by atoms with Crippen LogP contribution in [0.5, 0.6) is 11.5 Å². The molecule has 146 valence electrons. The monoisotopic (exact) mass is 380 g/mol. The molecule has 2 atom stereocenters. The van der Waals surface area contributed by atoms with E-state index in [2.05, 4.69) is 15.3 Å². The van der Waals surface area contributed by atoms with Crippen molar-refractivity contribution >= 4 is 21.8 Å². The summed E-state index contributed by atoms with van der Waals surface area (Å²) in [5.41, 5.74) is 10.1. The molecule has 0 fully saturated rings. The number of rotatable bonds is 7. The number of aromatic amines is 2. The summed E-state index contributed by atoms with van der Waals surface area (Å²) in [6.07, 6.45) is 4.07. The minimum atomic E-state index is -0.860. The van der Waals surface area contributed by atoms with Crippen molar-refractivity contribution in [1.82, 2.24) is 15.3 Å². The number of H-pyrrole nitrogens is 2. The number of benzene rings is 2. The van der Waals surface area contributed by atoms with E-state index in [4.69, 9.17) is 5.73 Å². The molecule has 0 radical (unpaired) electrons. The molecule has 7 heteroatoms. The largest absolute Gasteiger partial charge is 0.508 e. The number of aromatic nitrogens is 2. The fourth-order valence-corrected chi connectivity index (χ4v) is 3.58. The van der Waals surface area contributed by atoms with Crippen LogP contribution in [0, 0.1) is 0 Å². The van der Waals surface area contributed by atoms with Crippen molar-refractivity contribution in [2.75, 3.05) is 6.54 Å². The van der Waals surface area contributed by atoms with Gasteiger partial charge < -0.3 is 31.0 Å². The van der Waals surface area contributed by atoms with Crippen molar-refractivity contribution < 1.29 is 15.3 Å². The zero-order valence-electron chi connectivity index (χ0n) is 15.3. The summed E-state index contributed by atoms with van der Waals surface area (Å²) in [7, 11) is 0. The van der Waals surface area contributed by atoms with E-state index < -0.39 is 12.3 Å². The van der Waals surface area contributed by atoms with Gasteiger partial charge in [0.25, 0.3) is 0 Å². The summed E-state index contributed by atoms with van der Waals surface area (Å²) in [4.78, 5) is 6.33. The Morgan fingerprint density at radius 3 is 2.11 bits per heavy atom. The molecule has 28 heavy (non-hydrogen) atoms. The number of phenolic OH excluding ortho intramolecular Hbond substituents is 2. The first kappa shape index (κ1) is 18.4. The van der Waals surface area contributed by atoms with Gasteiger partial charge in [-0.2, -0.15) is 0 Å². The van der Waals surface area contributed by atoms with Crippen LogP contribution in [0.1, 0.15) is 11.1 Å². The van der Waals surface area contributed by atoms with Gasteiger partial charge in [0.2, 0.25) is 0 Å². The van der Waals surface area contributed by atoms with Gasteiger partial charge in [-0.25, -0.2) is 0 Å². The summed E-state index contributed by atoms with van der Waals surface area (Å²) in [6.45, 7) is 0.548. The molecular formula is C21H24N4O3. The van der Waals surface area contributed by atoms with Crippen molar-refractivity contribution in [3.05, 3.63) is 59.9 Å². The van der Waals surface area contributed by atoms with Gasteiger partial charge in [0.05, 0.1) is 0 Å². The molecule has 0 amide bonds. The van der Waals surface area contributed by atoms with Crippen molar-refractivity contribution in [2.45, 2.75) is 25.1 Å². The standard InChI is InChI=1S/C21H24N4O3/c22-18(7-13-11-25-20-4-2-15(27)9-17(13)20)21(28)23-6-5-12-10-24-19-3-1-14(26)8-16(12)19/h1-4,8-11,18,21,23-28H,5-7,22H2. The molecule has 2 unspecified atom stereocenters. The topological polar surface area (TPSA) is 130 Å². The second kappa shape index (κ2) is 7.55. The van der Waals surface area contributed by atoms with Gasteiger partial charge in [0.15, 0.2) is 0 Å². The van der Waals surface area contributed by atoms with E-state index in [1.54, 1.807) is 24.3 Å². The lowest BCUT2D eigenvalue weighted by Gasteiger charge is -2.20. The molecule has 0 aliphatic rings. The van der Waals surface area contributed by atoms with Crippen LogP contribution in [0.25, 0.3) is 21.8 Å². The zero-order valence-corrected chi connectivity index (χ0v) is 15.3.